The second-order valence-corrected chi connectivity index (χ2v) is 6.97. The first kappa shape index (κ1) is 15.9. The number of amides is 1. The highest BCUT2D eigenvalue weighted by Gasteiger charge is 2.40. The maximum atomic E-state index is 11.6. The van der Waals surface area contributed by atoms with Crippen molar-refractivity contribution in [3.63, 3.8) is 0 Å². The van der Waals surface area contributed by atoms with E-state index in [2.05, 4.69) is 9.88 Å². The third-order valence-electron chi connectivity index (χ3n) is 3.85. The van der Waals surface area contributed by atoms with Crippen molar-refractivity contribution < 1.29 is 14.7 Å². The Morgan fingerprint density at radius 3 is 2.81 bits per heavy atom. The molecule has 1 aromatic rings. The summed E-state index contributed by atoms with van der Waals surface area (Å²) in [5.74, 6) is -0.698. The summed E-state index contributed by atoms with van der Waals surface area (Å²) in [5, 5.41) is 12.0. The van der Waals surface area contributed by atoms with Crippen LogP contribution in [-0.2, 0) is 22.6 Å². The molecule has 1 unspecified atom stereocenters. The van der Waals surface area contributed by atoms with E-state index in [0.29, 0.717) is 25.9 Å². The van der Waals surface area contributed by atoms with Crippen molar-refractivity contribution in [2.45, 2.75) is 26.3 Å². The highest BCUT2D eigenvalue weighted by Crippen LogP contribution is 2.31. The molecule has 0 bridgehead atoms. The SMILES string of the molecule is CN(C)C(=O)Cc1nc(CN2CCC(C)(C(=O)O)C2)cs1. The van der Waals surface area contributed by atoms with Gasteiger partial charge in [0.15, 0.2) is 0 Å². The molecule has 0 radical (unpaired) electrons. The molecular weight excluding hydrogens is 290 g/mol. The smallest absolute Gasteiger partial charge is 0.310 e. The van der Waals surface area contributed by atoms with Crippen molar-refractivity contribution in [1.82, 2.24) is 14.8 Å². The zero-order valence-electron chi connectivity index (χ0n) is 12.6. The van der Waals surface area contributed by atoms with E-state index in [1.807, 2.05) is 5.38 Å². The van der Waals surface area contributed by atoms with Crippen LogP contribution in [0.5, 0.6) is 0 Å². The molecular formula is C14H21N3O3S. The number of nitrogens with zero attached hydrogens (tertiary/aromatic N) is 3. The van der Waals surface area contributed by atoms with Gasteiger partial charge in [-0.2, -0.15) is 0 Å². The number of hydrogen-bond acceptors (Lipinski definition) is 5. The first-order valence-corrected chi connectivity index (χ1v) is 7.77. The minimum atomic E-state index is -0.736. The predicted octanol–water partition coefficient (Wildman–Crippen LogP) is 1.07. The van der Waals surface area contributed by atoms with Gasteiger partial charge in [0.2, 0.25) is 5.91 Å². The monoisotopic (exact) mass is 311 g/mol. The van der Waals surface area contributed by atoms with Crippen molar-refractivity contribution in [3.8, 4) is 0 Å². The van der Waals surface area contributed by atoms with Gasteiger partial charge in [-0.1, -0.05) is 0 Å². The van der Waals surface area contributed by atoms with Crippen molar-refractivity contribution in [2.75, 3.05) is 27.2 Å². The Labute approximate surface area is 128 Å². The summed E-state index contributed by atoms with van der Waals surface area (Å²) in [7, 11) is 3.46. The van der Waals surface area contributed by atoms with Crippen LogP contribution in [0.25, 0.3) is 0 Å². The summed E-state index contributed by atoms with van der Waals surface area (Å²) in [6.45, 7) is 3.76. The largest absolute Gasteiger partial charge is 0.481 e. The fourth-order valence-electron chi connectivity index (χ4n) is 2.39. The number of rotatable bonds is 5. The number of carboxylic acid groups (broad SMARTS) is 1. The second kappa shape index (κ2) is 6.11. The number of likely N-dealkylation sites (N-methyl/N-ethyl adjacent to an activating group) is 1. The van der Waals surface area contributed by atoms with E-state index in [-0.39, 0.29) is 5.91 Å². The topological polar surface area (TPSA) is 73.7 Å². The van der Waals surface area contributed by atoms with Crippen molar-refractivity contribution in [3.05, 3.63) is 16.1 Å². The summed E-state index contributed by atoms with van der Waals surface area (Å²) in [5.41, 5.74) is 0.260. The number of hydrogen-bond donors (Lipinski definition) is 1. The quantitative estimate of drug-likeness (QED) is 0.880. The molecule has 6 nitrogen and oxygen atoms in total. The van der Waals surface area contributed by atoms with E-state index in [1.54, 1.807) is 25.9 Å². The standard InChI is InChI=1S/C14H21N3O3S/c1-14(13(19)20)4-5-17(9-14)7-10-8-21-11(15-10)6-12(18)16(2)3/h8H,4-7,9H2,1-3H3,(H,19,20). The molecule has 0 saturated carbocycles. The third-order valence-corrected chi connectivity index (χ3v) is 4.75. The molecule has 2 rings (SSSR count). The van der Waals surface area contributed by atoms with Gasteiger partial charge in [0.25, 0.3) is 0 Å². The molecule has 0 aliphatic carbocycles. The second-order valence-electron chi connectivity index (χ2n) is 6.02. The van der Waals surface area contributed by atoms with Crippen LogP contribution < -0.4 is 0 Å². The number of aliphatic carboxylic acids is 1. The Hall–Kier alpha value is -1.47. The zero-order chi connectivity index (χ0) is 15.6. The summed E-state index contributed by atoms with van der Waals surface area (Å²) < 4.78 is 0. The lowest BCUT2D eigenvalue weighted by molar-refractivity contribution is -0.147. The van der Waals surface area contributed by atoms with Crippen molar-refractivity contribution in [1.29, 1.82) is 0 Å². The van der Waals surface area contributed by atoms with E-state index in [0.717, 1.165) is 17.2 Å². The van der Waals surface area contributed by atoms with Crippen LogP contribution in [0.4, 0.5) is 0 Å². The van der Waals surface area contributed by atoms with Gasteiger partial charge in [0.1, 0.15) is 5.01 Å². The Balaban J connectivity index is 1.92. The molecule has 0 spiro atoms. The maximum Gasteiger partial charge on any atom is 0.310 e. The lowest BCUT2D eigenvalue weighted by Gasteiger charge is -2.19. The molecule has 0 aromatic carbocycles. The fourth-order valence-corrected chi connectivity index (χ4v) is 3.16. The van der Waals surface area contributed by atoms with Crippen molar-refractivity contribution >= 4 is 23.2 Å². The van der Waals surface area contributed by atoms with E-state index >= 15 is 0 Å². The fraction of sp³-hybridized carbons (Fsp3) is 0.643. The Kier molecular flexibility index (Phi) is 4.63. The van der Waals surface area contributed by atoms with Crippen molar-refractivity contribution in [2.24, 2.45) is 5.41 Å². The zero-order valence-corrected chi connectivity index (χ0v) is 13.4. The minimum absolute atomic E-state index is 0.0375. The first-order valence-electron chi connectivity index (χ1n) is 6.89. The van der Waals surface area contributed by atoms with E-state index in [9.17, 15) is 14.7 Å². The van der Waals surface area contributed by atoms with Crippen LogP contribution in [0.2, 0.25) is 0 Å². The Bertz CT molecular complexity index is 543. The van der Waals surface area contributed by atoms with Gasteiger partial charge >= 0.3 is 5.97 Å². The summed E-state index contributed by atoms with van der Waals surface area (Å²) in [6, 6.07) is 0. The number of carbonyl (C=O) groups excluding carboxylic acids is 1. The highest BCUT2D eigenvalue weighted by atomic mass is 32.1. The predicted molar refractivity (Wildman–Crippen MR) is 80.1 cm³/mol. The molecule has 1 atom stereocenters. The Morgan fingerprint density at radius 1 is 1.52 bits per heavy atom. The molecule has 21 heavy (non-hydrogen) atoms. The van der Waals surface area contributed by atoms with Crippen LogP contribution in [0.1, 0.15) is 24.0 Å². The molecule has 1 aliphatic heterocycles. The number of carbonyl (C=O) groups is 2. The highest BCUT2D eigenvalue weighted by molar-refractivity contribution is 7.09. The van der Waals surface area contributed by atoms with Gasteiger partial charge in [-0.15, -0.1) is 11.3 Å². The molecule has 1 aliphatic rings. The van der Waals surface area contributed by atoms with Gasteiger partial charge in [-0.3, -0.25) is 14.5 Å². The molecule has 1 saturated heterocycles. The van der Waals surface area contributed by atoms with Gasteiger partial charge < -0.3 is 10.0 Å². The van der Waals surface area contributed by atoms with Gasteiger partial charge in [0, 0.05) is 32.6 Å². The number of carboxylic acids is 1. The normalized spacial score (nSPS) is 22.4. The minimum Gasteiger partial charge on any atom is -0.481 e. The number of thiazole rings is 1. The van der Waals surface area contributed by atoms with Crippen LogP contribution in [0, 0.1) is 5.41 Å². The lowest BCUT2D eigenvalue weighted by atomic mass is 9.90. The molecule has 1 fully saturated rings. The summed E-state index contributed by atoms with van der Waals surface area (Å²) in [4.78, 5) is 31.0. The lowest BCUT2D eigenvalue weighted by Crippen LogP contribution is -2.31. The average Bonchev–Trinajstić information content (AvgIpc) is 2.98. The molecule has 7 heteroatoms. The van der Waals surface area contributed by atoms with E-state index < -0.39 is 11.4 Å². The van der Waals surface area contributed by atoms with Gasteiger partial charge in [0.05, 0.1) is 17.5 Å². The van der Waals surface area contributed by atoms with Gasteiger partial charge in [-0.05, 0) is 19.9 Å². The molecule has 116 valence electrons. The number of likely N-dealkylation sites (tertiary alicyclic amines) is 1. The van der Waals surface area contributed by atoms with Crippen LogP contribution >= 0.6 is 11.3 Å². The maximum absolute atomic E-state index is 11.6. The Morgan fingerprint density at radius 2 is 2.24 bits per heavy atom. The average molecular weight is 311 g/mol. The van der Waals surface area contributed by atoms with E-state index in [4.69, 9.17) is 0 Å². The van der Waals surface area contributed by atoms with Gasteiger partial charge in [-0.25, -0.2) is 4.98 Å². The molecule has 1 amide bonds. The summed E-state index contributed by atoms with van der Waals surface area (Å²) in [6.07, 6.45) is 0.989. The van der Waals surface area contributed by atoms with Crippen LogP contribution in [-0.4, -0.2) is 59.0 Å². The summed E-state index contributed by atoms with van der Waals surface area (Å²) >= 11 is 1.48. The van der Waals surface area contributed by atoms with E-state index in [1.165, 1.54) is 11.3 Å². The molecule has 1 N–H and O–H groups in total. The first-order chi connectivity index (χ1) is 9.80. The number of aromatic nitrogens is 1. The van der Waals surface area contributed by atoms with Crippen LogP contribution in [0.15, 0.2) is 5.38 Å². The molecule has 2 heterocycles. The molecule has 1 aromatic heterocycles. The van der Waals surface area contributed by atoms with Crippen LogP contribution in [0.3, 0.4) is 0 Å². The third kappa shape index (κ3) is 3.79.